The molecule has 0 aromatic carbocycles. The minimum atomic E-state index is 0.578. The molecule has 0 nitrogen and oxygen atoms in total. The van der Waals surface area contributed by atoms with Gasteiger partial charge in [-0.15, -0.1) is 0 Å². The normalized spacial score (nSPS) is 50.1. The SMILES string of the molecule is CC[I-]C12C3=C1C2CC3. The molecule has 2 saturated carbocycles. The molecule has 2 fully saturated rings. The maximum absolute atomic E-state index is 2.36. The van der Waals surface area contributed by atoms with Gasteiger partial charge in [-0.3, -0.25) is 0 Å². The van der Waals surface area contributed by atoms with Crippen molar-refractivity contribution < 1.29 is 21.2 Å². The first kappa shape index (κ1) is 5.16. The van der Waals surface area contributed by atoms with Crippen LogP contribution in [0, 0.1) is 5.92 Å². The van der Waals surface area contributed by atoms with Gasteiger partial charge in [0.05, 0.1) is 0 Å². The Hall–Kier alpha value is 0.470. The predicted molar refractivity (Wildman–Crippen MR) is 33.0 cm³/mol. The summed E-state index contributed by atoms with van der Waals surface area (Å²) >= 11 is 0.578. The summed E-state index contributed by atoms with van der Waals surface area (Å²) < 4.78 is 2.44. The molecule has 0 spiro atoms. The maximum atomic E-state index is 2.36. The Bertz CT molecular complexity index is 209. The molecule has 0 N–H and O–H groups in total. The summed E-state index contributed by atoms with van der Waals surface area (Å²) in [5, 5.41) is 0. The van der Waals surface area contributed by atoms with Crippen molar-refractivity contribution >= 4 is 0 Å². The first-order valence-electron chi connectivity index (χ1n) is 3.75. The molecule has 50 valence electrons. The van der Waals surface area contributed by atoms with Crippen molar-refractivity contribution in [2.45, 2.75) is 23.2 Å². The van der Waals surface area contributed by atoms with Gasteiger partial charge in [0.15, 0.2) is 0 Å². The van der Waals surface area contributed by atoms with E-state index in [0.717, 1.165) is 3.42 Å². The summed E-state index contributed by atoms with van der Waals surface area (Å²) in [6.45, 7) is 2.36. The van der Waals surface area contributed by atoms with E-state index in [-0.39, 0.29) is 0 Å². The standard InChI is InChI=1S/C8H10I/c1-2-9-8-5-3-4-6(8)7(5)8/h5H,2-4H2,1H3/q-1. The van der Waals surface area contributed by atoms with Gasteiger partial charge in [-0.1, -0.05) is 0 Å². The second-order valence-electron chi connectivity index (χ2n) is 3.10. The zero-order chi connectivity index (χ0) is 6.06. The van der Waals surface area contributed by atoms with E-state index in [4.69, 9.17) is 0 Å². The van der Waals surface area contributed by atoms with E-state index in [9.17, 15) is 0 Å². The second-order valence-corrected chi connectivity index (χ2v) is 7.09. The van der Waals surface area contributed by atoms with Crippen LogP contribution in [-0.4, -0.2) is 7.85 Å². The molecule has 0 saturated heterocycles. The van der Waals surface area contributed by atoms with E-state index in [1.165, 1.54) is 16.8 Å². The molecule has 1 heteroatoms. The fourth-order valence-corrected chi connectivity index (χ4v) is 6.65. The number of halogens is 1. The van der Waals surface area contributed by atoms with Gasteiger partial charge in [0, 0.05) is 0 Å². The predicted octanol–water partition coefficient (Wildman–Crippen LogP) is -1.43. The van der Waals surface area contributed by atoms with Gasteiger partial charge >= 0.3 is 65.9 Å². The van der Waals surface area contributed by atoms with E-state index in [0.29, 0.717) is 21.2 Å². The van der Waals surface area contributed by atoms with Gasteiger partial charge in [-0.25, -0.2) is 0 Å². The van der Waals surface area contributed by atoms with Gasteiger partial charge in [-0.2, -0.15) is 0 Å². The van der Waals surface area contributed by atoms with Crippen molar-refractivity contribution in [2.75, 3.05) is 4.43 Å². The summed E-state index contributed by atoms with van der Waals surface area (Å²) in [6.07, 6.45) is 3.05. The molecular weight excluding hydrogens is 223 g/mol. The third kappa shape index (κ3) is 0.358. The minimum absolute atomic E-state index is 0.578. The Morgan fingerprint density at radius 2 is 2.67 bits per heavy atom. The van der Waals surface area contributed by atoms with Crippen LogP contribution in [0.15, 0.2) is 11.1 Å². The van der Waals surface area contributed by atoms with Gasteiger partial charge in [0.25, 0.3) is 0 Å². The quantitative estimate of drug-likeness (QED) is 0.311. The summed E-state index contributed by atoms with van der Waals surface area (Å²) in [7, 11) is 0. The number of allylic oxidation sites excluding steroid dienone is 2. The topological polar surface area (TPSA) is 0 Å². The molecule has 0 aliphatic heterocycles. The number of rotatable bonds is 2. The van der Waals surface area contributed by atoms with Crippen molar-refractivity contribution in [1.82, 2.24) is 0 Å². The Balaban J connectivity index is 1.86. The fraction of sp³-hybridized carbons (Fsp3) is 0.750. The zero-order valence-corrected chi connectivity index (χ0v) is 7.73. The number of alkyl halides is 2. The number of fused-ring (bicyclic) bond motifs is 1. The van der Waals surface area contributed by atoms with Crippen LogP contribution in [0.5, 0.6) is 0 Å². The zero-order valence-electron chi connectivity index (χ0n) is 5.58. The summed E-state index contributed by atoms with van der Waals surface area (Å²) in [5.74, 6) is 1.17. The number of hydrogen-bond donors (Lipinski definition) is 0. The van der Waals surface area contributed by atoms with E-state index in [1.54, 1.807) is 6.42 Å². The van der Waals surface area contributed by atoms with Crippen LogP contribution >= 0.6 is 0 Å². The van der Waals surface area contributed by atoms with Gasteiger partial charge in [-0.05, 0) is 0 Å². The van der Waals surface area contributed by atoms with Crippen LogP contribution < -0.4 is 21.2 Å². The second kappa shape index (κ2) is 1.25. The molecule has 4 aliphatic rings. The van der Waals surface area contributed by atoms with E-state index in [2.05, 4.69) is 6.92 Å². The van der Waals surface area contributed by atoms with Crippen molar-refractivity contribution in [3.05, 3.63) is 11.1 Å². The molecule has 0 amide bonds. The third-order valence-corrected chi connectivity index (χ3v) is 6.82. The fourth-order valence-electron chi connectivity index (χ4n) is 2.45. The van der Waals surface area contributed by atoms with Crippen LogP contribution in [-0.2, 0) is 0 Å². The third-order valence-electron chi connectivity index (χ3n) is 2.87. The Kier molecular flexibility index (Phi) is 0.715. The van der Waals surface area contributed by atoms with Gasteiger partial charge < -0.3 is 0 Å². The Morgan fingerprint density at radius 1 is 1.78 bits per heavy atom. The average molecular weight is 233 g/mol. The van der Waals surface area contributed by atoms with E-state index < -0.39 is 0 Å². The summed E-state index contributed by atoms with van der Waals surface area (Å²) in [4.78, 5) is 0. The molecule has 0 aromatic rings. The van der Waals surface area contributed by atoms with E-state index in [1.807, 2.05) is 11.1 Å². The van der Waals surface area contributed by atoms with Crippen molar-refractivity contribution in [3.63, 3.8) is 0 Å². The molecule has 0 heterocycles. The summed E-state index contributed by atoms with van der Waals surface area (Å²) in [5.41, 5.74) is 3.89. The Morgan fingerprint density at radius 3 is 3.11 bits per heavy atom. The molecule has 0 radical (unpaired) electrons. The average Bonchev–Trinajstić information content (AvgIpc) is 2.56. The van der Waals surface area contributed by atoms with Crippen LogP contribution in [0.2, 0.25) is 0 Å². The molecule has 0 aromatic heterocycles. The van der Waals surface area contributed by atoms with Crippen molar-refractivity contribution in [1.29, 1.82) is 0 Å². The van der Waals surface area contributed by atoms with Crippen LogP contribution in [0.3, 0.4) is 0 Å². The summed E-state index contributed by atoms with van der Waals surface area (Å²) in [6, 6.07) is 0. The monoisotopic (exact) mass is 233 g/mol. The van der Waals surface area contributed by atoms with Gasteiger partial charge in [0.1, 0.15) is 0 Å². The molecule has 4 rings (SSSR count). The molecular formula is C8H10I-. The van der Waals surface area contributed by atoms with Crippen LogP contribution in [0.4, 0.5) is 0 Å². The van der Waals surface area contributed by atoms with Crippen molar-refractivity contribution in [2.24, 2.45) is 5.92 Å². The molecule has 2 bridgehead atoms. The first-order valence-corrected chi connectivity index (χ1v) is 6.36. The first-order chi connectivity index (χ1) is 4.41. The van der Waals surface area contributed by atoms with E-state index >= 15 is 0 Å². The molecule has 4 aliphatic carbocycles. The number of hydrogen-bond acceptors (Lipinski definition) is 0. The molecule has 2 atom stereocenters. The molecule has 9 heavy (non-hydrogen) atoms. The Labute approximate surface area is 66.0 Å². The van der Waals surface area contributed by atoms with Crippen LogP contribution in [0.25, 0.3) is 0 Å². The van der Waals surface area contributed by atoms with Crippen molar-refractivity contribution in [3.8, 4) is 0 Å². The van der Waals surface area contributed by atoms with Gasteiger partial charge in [0.2, 0.25) is 0 Å². The molecule has 2 unspecified atom stereocenters. The van der Waals surface area contributed by atoms with Crippen LogP contribution in [0.1, 0.15) is 19.8 Å².